The van der Waals surface area contributed by atoms with Crippen LogP contribution >= 0.6 is 0 Å². The summed E-state index contributed by atoms with van der Waals surface area (Å²) in [5.74, 6) is 0.578. The maximum absolute atomic E-state index is 3.50. The van der Waals surface area contributed by atoms with Crippen molar-refractivity contribution in [2.45, 2.75) is 72.1 Å². The Kier molecular flexibility index (Phi) is 3.29. The third-order valence-corrected chi connectivity index (χ3v) is 3.06. The van der Waals surface area contributed by atoms with E-state index in [-0.39, 0.29) is 10.8 Å². The summed E-state index contributed by atoms with van der Waals surface area (Å²) in [5, 5.41) is 0. The SMILES string of the molecule is CC(C)c1c(C(C)(C)C)c[nH]c1C(C)(C)C. The third-order valence-electron chi connectivity index (χ3n) is 3.06. The van der Waals surface area contributed by atoms with E-state index in [1.54, 1.807) is 0 Å². The highest BCUT2D eigenvalue weighted by Crippen LogP contribution is 2.37. The maximum atomic E-state index is 3.50. The zero-order valence-corrected chi connectivity index (χ0v) is 12.2. The minimum atomic E-state index is 0.198. The number of rotatable bonds is 1. The molecule has 0 unspecified atom stereocenters. The Balaban J connectivity index is 3.41. The van der Waals surface area contributed by atoms with Crippen molar-refractivity contribution in [2.24, 2.45) is 0 Å². The molecule has 0 aliphatic carbocycles. The van der Waals surface area contributed by atoms with Gasteiger partial charge in [0, 0.05) is 17.3 Å². The predicted octanol–water partition coefficient (Wildman–Crippen LogP) is 4.73. The van der Waals surface area contributed by atoms with Crippen LogP contribution in [0.5, 0.6) is 0 Å². The van der Waals surface area contributed by atoms with Crippen molar-refractivity contribution in [1.29, 1.82) is 0 Å². The van der Waals surface area contributed by atoms with Crippen LogP contribution in [0, 0.1) is 0 Å². The highest BCUT2D eigenvalue weighted by molar-refractivity contribution is 5.41. The molecule has 0 aromatic carbocycles. The standard InChI is InChI=1S/C15H27N/c1-10(2)12-11(14(3,4)5)9-16-13(12)15(6,7)8/h9-10,16H,1-8H3. The zero-order chi connectivity index (χ0) is 12.7. The van der Waals surface area contributed by atoms with Gasteiger partial charge >= 0.3 is 0 Å². The van der Waals surface area contributed by atoms with Gasteiger partial charge in [-0.05, 0) is 22.5 Å². The largest absolute Gasteiger partial charge is 0.364 e. The van der Waals surface area contributed by atoms with Crippen LogP contribution in [0.25, 0.3) is 0 Å². The molecule has 0 aliphatic rings. The number of aromatic nitrogens is 1. The van der Waals surface area contributed by atoms with E-state index in [1.807, 2.05) is 0 Å². The van der Waals surface area contributed by atoms with Crippen molar-refractivity contribution < 1.29 is 0 Å². The Morgan fingerprint density at radius 2 is 1.44 bits per heavy atom. The maximum Gasteiger partial charge on any atom is 0.0239 e. The molecule has 0 radical (unpaired) electrons. The van der Waals surface area contributed by atoms with Gasteiger partial charge in [-0.2, -0.15) is 0 Å². The minimum absolute atomic E-state index is 0.198. The Bertz CT molecular complexity index is 324. The Hall–Kier alpha value is -0.720. The first kappa shape index (κ1) is 13.3. The second kappa shape index (κ2) is 3.94. The molecule has 0 aliphatic heterocycles. The topological polar surface area (TPSA) is 15.8 Å². The summed E-state index contributed by atoms with van der Waals surface area (Å²) in [5.41, 5.74) is 4.79. The molecule has 0 saturated carbocycles. The molecule has 1 heterocycles. The summed E-state index contributed by atoms with van der Waals surface area (Å²) in [4.78, 5) is 3.50. The summed E-state index contributed by atoms with van der Waals surface area (Å²) in [7, 11) is 0. The molecule has 1 aromatic rings. The van der Waals surface area contributed by atoms with E-state index < -0.39 is 0 Å². The van der Waals surface area contributed by atoms with Gasteiger partial charge in [0.05, 0.1) is 0 Å². The van der Waals surface area contributed by atoms with Crippen LogP contribution in [0.3, 0.4) is 0 Å². The van der Waals surface area contributed by atoms with Gasteiger partial charge in [0.25, 0.3) is 0 Å². The fourth-order valence-electron chi connectivity index (χ4n) is 2.28. The number of aromatic amines is 1. The van der Waals surface area contributed by atoms with Crippen molar-refractivity contribution in [1.82, 2.24) is 4.98 Å². The molecule has 0 spiro atoms. The van der Waals surface area contributed by atoms with Crippen molar-refractivity contribution in [3.8, 4) is 0 Å². The second-order valence-corrected chi connectivity index (χ2v) is 7.15. The van der Waals surface area contributed by atoms with E-state index in [9.17, 15) is 0 Å². The molecule has 0 fully saturated rings. The first-order valence-electron chi connectivity index (χ1n) is 6.27. The molecule has 16 heavy (non-hydrogen) atoms. The molecule has 1 aromatic heterocycles. The minimum Gasteiger partial charge on any atom is -0.364 e. The fourth-order valence-corrected chi connectivity index (χ4v) is 2.28. The normalized spacial score (nSPS) is 13.6. The summed E-state index contributed by atoms with van der Waals surface area (Å²) < 4.78 is 0. The lowest BCUT2D eigenvalue weighted by molar-refractivity contribution is 0.549. The third kappa shape index (κ3) is 2.50. The van der Waals surface area contributed by atoms with Gasteiger partial charge in [-0.1, -0.05) is 55.4 Å². The van der Waals surface area contributed by atoms with Crippen molar-refractivity contribution in [3.63, 3.8) is 0 Å². The molecule has 0 amide bonds. The van der Waals surface area contributed by atoms with Crippen LogP contribution in [0.4, 0.5) is 0 Å². The molecule has 0 bridgehead atoms. The van der Waals surface area contributed by atoms with Crippen molar-refractivity contribution in [2.75, 3.05) is 0 Å². The molecule has 92 valence electrons. The van der Waals surface area contributed by atoms with E-state index in [4.69, 9.17) is 0 Å². The monoisotopic (exact) mass is 221 g/mol. The summed E-state index contributed by atoms with van der Waals surface area (Å²) in [6.45, 7) is 18.3. The molecule has 1 nitrogen and oxygen atoms in total. The number of H-pyrrole nitrogens is 1. The average Bonchev–Trinajstić information content (AvgIpc) is 2.43. The number of hydrogen-bond donors (Lipinski definition) is 1. The summed E-state index contributed by atoms with van der Waals surface area (Å²) in [6.07, 6.45) is 2.20. The quantitative estimate of drug-likeness (QED) is 0.705. The Morgan fingerprint density at radius 3 is 1.75 bits per heavy atom. The van der Waals surface area contributed by atoms with Gasteiger partial charge in [0.15, 0.2) is 0 Å². The van der Waals surface area contributed by atoms with Gasteiger partial charge in [-0.25, -0.2) is 0 Å². The molecule has 0 saturated heterocycles. The van der Waals surface area contributed by atoms with Gasteiger partial charge in [-0.15, -0.1) is 0 Å². The molecular weight excluding hydrogens is 194 g/mol. The lowest BCUT2D eigenvalue weighted by atomic mass is 9.78. The molecule has 1 rings (SSSR count). The highest BCUT2D eigenvalue weighted by atomic mass is 14.7. The Morgan fingerprint density at radius 1 is 0.938 bits per heavy atom. The van der Waals surface area contributed by atoms with Crippen LogP contribution in [0.2, 0.25) is 0 Å². The van der Waals surface area contributed by atoms with Crippen LogP contribution in [0.15, 0.2) is 6.20 Å². The van der Waals surface area contributed by atoms with Crippen LogP contribution in [0.1, 0.15) is 78.1 Å². The van der Waals surface area contributed by atoms with Crippen molar-refractivity contribution in [3.05, 3.63) is 23.0 Å². The van der Waals surface area contributed by atoms with Crippen LogP contribution in [-0.2, 0) is 10.8 Å². The smallest absolute Gasteiger partial charge is 0.0239 e. The zero-order valence-electron chi connectivity index (χ0n) is 12.2. The van der Waals surface area contributed by atoms with E-state index in [1.165, 1.54) is 16.8 Å². The lowest BCUT2D eigenvalue weighted by Crippen LogP contribution is -2.18. The van der Waals surface area contributed by atoms with E-state index in [0.717, 1.165) is 0 Å². The Labute approximate surface area is 101 Å². The molecule has 1 N–H and O–H groups in total. The van der Waals surface area contributed by atoms with Crippen molar-refractivity contribution >= 4 is 0 Å². The fraction of sp³-hybridized carbons (Fsp3) is 0.733. The van der Waals surface area contributed by atoms with E-state index in [0.29, 0.717) is 5.92 Å². The summed E-state index contributed by atoms with van der Waals surface area (Å²) in [6, 6.07) is 0. The number of nitrogens with one attached hydrogen (secondary N) is 1. The lowest BCUT2D eigenvalue weighted by Gasteiger charge is -2.25. The van der Waals surface area contributed by atoms with Gasteiger partial charge in [-0.3, -0.25) is 0 Å². The predicted molar refractivity (Wildman–Crippen MR) is 72.3 cm³/mol. The first-order valence-corrected chi connectivity index (χ1v) is 6.27. The summed E-state index contributed by atoms with van der Waals surface area (Å²) >= 11 is 0. The van der Waals surface area contributed by atoms with E-state index in [2.05, 4.69) is 66.6 Å². The average molecular weight is 221 g/mol. The molecular formula is C15H27N. The van der Waals surface area contributed by atoms with Gasteiger partial charge < -0.3 is 4.98 Å². The van der Waals surface area contributed by atoms with E-state index >= 15 is 0 Å². The highest BCUT2D eigenvalue weighted by Gasteiger charge is 2.28. The van der Waals surface area contributed by atoms with Gasteiger partial charge in [0.1, 0.15) is 0 Å². The number of hydrogen-bond acceptors (Lipinski definition) is 0. The van der Waals surface area contributed by atoms with Crippen LogP contribution < -0.4 is 0 Å². The molecule has 1 heteroatoms. The second-order valence-electron chi connectivity index (χ2n) is 7.15. The first-order chi connectivity index (χ1) is 7.05. The van der Waals surface area contributed by atoms with Gasteiger partial charge in [0.2, 0.25) is 0 Å². The molecule has 0 atom stereocenters. The van der Waals surface area contributed by atoms with Crippen LogP contribution in [-0.4, -0.2) is 4.98 Å².